The molecule has 0 fully saturated rings. The first kappa shape index (κ1) is 14.4. The molecule has 0 unspecified atom stereocenters. The van der Waals surface area contributed by atoms with Crippen LogP contribution in [-0.2, 0) is 6.54 Å². The van der Waals surface area contributed by atoms with Gasteiger partial charge in [-0.2, -0.15) is 0 Å². The molecule has 5 nitrogen and oxygen atoms in total. The highest BCUT2D eigenvalue weighted by atomic mass is 16.5. The molecule has 1 heterocycles. The summed E-state index contributed by atoms with van der Waals surface area (Å²) in [5.41, 5.74) is 0.858. The number of rotatable bonds is 6. The van der Waals surface area contributed by atoms with E-state index in [1.165, 1.54) is 0 Å². The van der Waals surface area contributed by atoms with Crippen molar-refractivity contribution in [3.05, 3.63) is 30.3 Å². The minimum atomic E-state index is 0.390. The van der Waals surface area contributed by atoms with E-state index in [-0.39, 0.29) is 0 Å². The molecule has 0 saturated heterocycles. The summed E-state index contributed by atoms with van der Waals surface area (Å²) in [5.74, 6) is 2.78. The molecule has 0 aliphatic rings. The van der Waals surface area contributed by atoms with E-state index >= 15 is 0 Å². The molecule has 0 saturated carbocycles. The number of aromatic nitrogens is 1. The minimum Gasteiger partial charge on any atom is -0.497 e. The summed E-state index contributed by atoms with van der Waals surface area (Å²) in [6.45, 7) is 4.77. The fraction of sp³-hybridized carbons (Fsp3) is 0.400. The second kappa shape index (κ2) is 6.43. The van der Waals surface area contributed by atoms with Crippen molar-refractivity contribution in [1.82, 2.24) is 10.3 Å². The second-order valence-corrected chi connectivity index (χ2v) is 4.72. The van der Waals surface area contributed by atoms with E-state index < -0.39 is 0 Å². The van der Waals surface area contributed by atoms with E-state index in [9.17, 15) is 0 Å². The van der Waals surface area contributed by atoms with Crippen molar-refractivity contribution in [2.24, 2.45) is 0 Å². The molecule has 0 bridgehead atoms. The predicted molar refractivity (Wildman–Crippen MR) is 77.0 cm³/mol. The molecule has 5 heteroatoms. The number of hydrogen-bond donors (Lipinski definition) is 1. The summed E-state index contributed by atoms with van der Waals surface area (Å²) in [4.78, 5) is 4.27. The van der Waals surface area contributed by atoms with Gasteiger partial charge in [-0.15, -0.1) is 0 Å². The van der Waals surface area contributed by atoms with Gasteiger partial charge < -0.3 is 19.2 Å². The smallest absolute Gasteiger partial charge is 0.208 e. The zero-order chi connectivity index (χ0) is 14.5. The molecule has 0 amide bonds. The first-order chi connectivity index (χ1) is 9.63. The Hall–Kier alpha value is -2.01. The quantitative estimate of drug-likeness (QED) is 0.879. The highest BCUT2D eigenvalue weighted by Gasteiger charge is 2.12. The van der Waals surface area contributed by atoms with Crippen molar-refractivity contribution in [2.75, 3.05) is 14.2 Å². The highest BCUT2D eigenvalue weighted by Crippen LogP contribution is 2.33. The predicted octanol–water partition coefficient (Wildman–Crippen LogP) is 2.86. The standard InChI is InChI=1S/C15H20N2O3/c1-10(2)16-9-15-17-8-14(20-15)12-6-5-11(18-3)7-13(12)19-4/h5-8,10,16H,9H2,1-4H3. The van der Waals surface area contributed by atoms with Crippen LogP contribution in [0.3, 0.4) is 0 Å². The fourth-order valence-corrected chi connectivity index (χ4v) is 1.81. The van der Waals surface area contributed by atoms with E-state index in [0.717, 1.165) is 11.3 Å². The largest absolute Gasteiger partial charge is 0.497 e. The normalized spacial score (nSPS) is 10.8. The van der Waals surface area contributed by atoms with Gasteiger partial charge in [0.2, 0.25) is 5.89 Å². The van der Waals surface area contributed by atoms with Gasteiger partial charge in [-0.25, -0.2) is 4.98 Å². The maximum atomic E-state index is 5.74. The molecule has 0 aliphatic heterocycles. The van der Waals surface area contributed by atoms with Crippen LogP contribution >= 0.6 is 0 Å². The van der Waals surface area contributed by atoms with Crippen molar-refractivity contribution in [3.63, 3.8) is 0 Å². The molecule has 0 aliphatic carbocycles. The molecule has 0 radical (unpaired) electrons. The van der Waals surface area contributed by atoms with Gasteiger partial charge in [-0.3, -0.25) is 0 Å². The third-order valence-electron chi connectivity index (χ3n) is 2.89. The lowest BCUT2D eigenvalue weighted by Crippen LogP contribution is -2.21. The number of benzene rings is 1. The fourth-order valence-electron chi connectivity index (χ4n) is 1.81. The molecule has 20 heavy (non-hydrogen) atoms. The van der Waals surface area contributed by atoms with Crippen LogP contribution in [0, 0.1) is 0 Å². The van der Waals surface area contributed by atoms with Crippen LogP contribution < -0.4 is 14.8 Å². The molecular formula is C15H20N2O3. The molecular weight excluding hydrogens is 256 g/mol. The molecule has 1 aromatic carbocycles. The third kappa shape index (κ3) is 3.30. The Morgan fingerprint density at radius 2 is 2.05 bits per heavy atom. The van der Waals surface area contributed by atoms with Gasteiger partial charge in [-0.05, 0) is 12.1 Å². The van der Waals surface area contributed by atoms with Crippen LogP contribution in [-0.4, -0.2) is 25.2 Å². The Morgan fingerprint density at radius 3 is 2.70 bits per heavy atom. The Morgan fingerprint density at radius 1 is 1.25 bits per heavy atom. The van der Waals surface area contributed by atoms with E-state index in [1.54, 1.807) is 20.4 Å². The van der Waals surface area contributed by atoms with E-state index in [0.29, 0.717) is 30.0 Å². The van der Waals surface area contributed by atoms with Gasteiger partial charge in [0.25, 0.3) is 0 Å². The van der Waals surface area contributed by atoms with Gasteiger partial charge in [0, 0.05) is 12.1 Å². The van der Waals surface area contributed by atoms with Crippen LogP contribution in [0.5, 0.6) is 11.5 Å². The zero-order valence-electron chi connectivity index (χ0n) is 12.3. The van der Waals surface area contributed by atoms with Gasteiger partial charge in [0.15, 0.2) is 5.76 Å². The molecule has 0 spiro atoms. The number of oxazole rings is 1. The van der Waals surface area contributed by atoms with Crippen molar-refractivity contribution >= 4 is 0 Å². The Labute approximate surface area is 118 Å². The van der Waals surface area contributed by atoms with Crippen LogP contribution in [0.1, 0.15) is 19.7 Å². The number of methoxy groups -OCH3 is 2. The monoisotopic (exact) mass is 276 g/mol. The van der Waals surface area contributed by atoms with Gasteiger partial charge in [0.05, 0.1) is 32.5 Å². The number of nitrogens with one attached hydrogen (secondary N) is 1. The molecule has 108 valence electrons. The lowest BCUT2D eigenvalue weighted by molar-refractivity contribution is 0.393. The molecule has 2 aromatic rings. The number of ether oxygens (including phenoxy) is 2. The highest BCUT2D eigenvalue weighted by molar-refractivity contribution is 5.66. The summed E-state index contributed by atoms with van der Waals surface area (Å²) in [7, 11) is 3.24. The Balaban J connectivity index is 2.23. The number of nitrogens with zero attached hydrogens (tertiary/aromatic N) is 1. The average Bonchev–Trinajstić information content (AvgIpc) is 2.93. The summed E-state index contributed by atoms with van der Waals surface area (Å²) < 4.78 is 16.3. The van der Waals surface area contributed by atoms with Gasteiger partial charge in [-0.1, -0.05) is 13.8 Å². The lowest BCUT2D eigenvalue weighted by Gasteiger charge is -2.08. The second-order valence-electron chi connectivity index (χ2n) is 4.72. The Bertz CT molecular complexity index is 564. The topological polar surface area (TPSA) is 56.5 Å². The van der Waals surface area contributed by atoms with Crippen molar-refractivity contribution in [2.45, 2.75) is 26.4 Å². The van der Waals surface area contributed by atoms with Crippen LogP contribution in [0.25, 0.3) is 11.3 Å². The maximum absolute atomic E-state index is 5.74. The van der Waals surface area contributed by atoms with Gasteiger partial charge in [0.1, 0.15) is 11.5 Å². The summed E-state index contributed by atoms with van der Waals surface area (Å²) in [6.07, 6.45) is 1.71. The van der Waals surface area contributed by atoms with Crippen LogP contribution in [0.2, 0.25) is 0 Å². The molecule has 1 N–H and O–H groups in total. The lowest BCUT2D eigenvalue weighted by atomic mass is 10.1. The van der Waals surface area contributed by atoms with E-state index in [2.05, 4.69) is 24.1 Å². The summed E-state index contributed by atoms with van der Waals surface area (Å²) in [6, 6.07) is 5.98. The van der Waals surface area contributed by atoms with Crippen LogP contribution in [0.15, 0.2) is 28.8 Å². The summed E-state index contributed by atoms with van der Waals surface area (Å²) in [5, 5.41) is 3.27. The number of hydrogen-bond acceptors (Lipinski definition) is 5. The summed E-state index contributed by atoms with van der Waals surface area (Å²) >= 11 is 0. The third-order valence-corrected chi connectivity index (χ3v) is 2.89. The van der Waals surface area contributed by atoms with E-state index in [4.69, 9.17) is 13.9 Å². The maximum Gasteiger partial charge on any atom is 0.208 e. The average molecular weight is 276 g/mol. The van der Waals surface area contributed by atoms with Gasteiger partial charge >= 0.3 is 0 Å². The Kier molecular flexibility index (Phi) is 4.63. The van der Waals surface area contributed by atoms with E-state index in [1.807, 2.05) is 18.2 Å². The van der Waals surface area contributed by atoms with Crippen molar-refractivity contribution in [3.8, 4) is 22.8 Å². The SMILES string of the molecule is COc1ccc(-c2cnc(CNC(C)C)o2)c(OC)c1. The zero-order valence-corrected chi connectivity index (χ0v) is 12.3. The molecule has 0 atom stereocenters. The van der Waals surface area contributed by atoms with Crippen molar-refractivity contribution in [1.29, 1.82) is 0 Å². The first-order valence-corrected chi connectivity index (χ1v) is 6.54. The van der Waals surface area contributed by atoms with Crippen molar-refractivity contribution < 1.29 is 13.9 Å². The van der Waals surface area contributed by atoms with Crippen LogP contribution in [0.4, 0.5) is 0 Å². The first-order valence-electron chi connectivity index (χ1n) is 6.54. The minimum absolute atomic E-state index is 0.390. The molecule has 1 aromatic heterocycles. The molecule has 2 rings (SSSR count).